The van der Waals surface area contributed by atoms with Gasteiger partial charge in [-0.15, -0.1) is 0 Å². The topological polar surface area (TPSA) is 0 Å². The smallest absolute Gasteiger partial charge is 0.0717 e. The lowest BCUT2D eigenvalue weighted by molar-refractivity contribution is 0.921. The van der Waals surface area contributed by atoms with Gasteiger partial charge in [0.1, 0.15) is 0 Å². The van der Waals surface area contributed by atoms with Crippen molar-refractivity contribution in [3.05, 3.63) is 58.2 Å². The zero-order valence-corrected chi connectivity index (χ0v) is 18.2. The summed E-state index contributed by atoms with van der Waals surface area (Å²) < 4.78 is 8.76. The lowest BCUT2D eigenvalue weighted by Crippen LogP contribution is -1.70. The Morgan fingerprint density at radius 2 is 1.13 bits per heavy atom. The van der Waals surface area contributed by atoms with Crippen molar-refractivity contribution in [3.8, 4) is 0 Å². The van der Waals surface area contributed by atoms with Crippen LogP contribution in [0, 0.1) is 0 Å². The Labute approximate surface area is 170 Å². The van der Waals surface area contributed by atoms with Crippen molar-refractivity contribution in [2.45, 2.75) is 19.3 Å². The summed E-state index contributed by atoms with van der Waals surface area (Å²) in [5, 5.41) is 4.36. The molecule has 0 aromatic rings. The molecule has 0 saturated carbocycles. The molecule has 0 unspecified atom stereocenters. The standard InChI is InChI=1S/C15H10S8/c1-2-8-9(3-1)19-10(18-8)4-5-11-20-14-15(21-11)23-13(22-14)12-16-6-7-17-12/h4-7H,1-3H2. The first-order valence-corrected chi connectivity index (χ1v) is 13.7. The molecule has 0 fully saturated rings. The van der Waals surface area contributed by atoms with Gasteiger partial charge in [-0.3, -0.25) is 0 Å². The van der Waals surface area contributed by atoms with E-state index in [1.807, 2.05) is 94.1 Å². The van der Waals surface area contributed by atoms with E-state index in [2.05, 4.69) is 23.0 Å². The maximum Gasteiger partial charge on any atom is 0.0717 e. The Morgan fingerprint density at radius 1 is 0.609 bits per heavy atom. The van der Waals surface area contributed by atoms with E-state index in [0.29, 0.717) is 0 Å². The van der Waals surface area contributed by atoms with E-state index in [0.717, 1.165) is 0 Å². The second kappa shape index (κ2) is 7.10. The number of hydrogen-bond donors (Lipinski definition) is 0. The molecular formula is C15H10S8. The minimum Gasteiger partial charge on any atom is -0.0884 e. The Hall–Kier alpha value is 1.24. The second-order valence-corrected chi connectivity index (χ2v) is 14.7. The second-order valence-electron chi connectivity index (χ2n) is 4.94. The summed E-state index contributed by atoms with van der Waals surface area (Å²) in [6.07, 6.45) is 8.61. The van der Waals surface area contributed by atoms with Gasteiger partial charge in [-0.05, 0) is 42.2 Å². The summed E-state index contributed by atoms with van der Waals surface area (Å²) in [5.74, 6) is 0. The summed E-state index contributed by atoms with van der Waals surface area (Å²) >= 11 is 15.5. The number of rotatable bonds is 1. The minimum atomic E-state index is 1.30. The quantitative estimate of drug-likeness (QED) is 0.387. The van der Waals surface area contributed by atoms with Crippen LogP contribution >= 0.6 is 94.1 Å². The van der Waals surface area contributed by atoms with E-state index >= 15 is 0 Å². The molecule has 0 atom stereocenters. The first-order chi connectivity index (χ1) is 11.3. The van der Waals surface area contributed by atoms with Gasteiger partial charge < -0.3 is 0 Å². The average Bonchev–Trinajstić information content (AvgIpc) is 3.28. The predicted molar refractivity (Wildman–Crippen MR) is 121 cm³/mol. The van der Waals surface area contributed by atoms with E-state index < -0.39 is 0 Å². The molecule has 0 aromatic heterocycles. The summed E-state index contributed by atoms with van der Waals surface area (Å²) in [7, 11) is 0. The third-order valence-electron chi connectivity index (χ3n) is 3.42. The summed E-state index contributed by atoms with van der Waals surface area (Å²) in [4.78, 5) is 3.27. The van der Waals surface area contributed by atoms with Crippen LogP contribution in [-0.2, 0) is 0 Å². The highest BCUT2D eigenvalue weighted by Crippen LogP contribution is 2.68. The van der Waals surface area contributed by atoms with Crippen LogP contribution in [-0.4, -0.2) is 0 Å². The first kappa shape index (κ1) is 16.4. The van der Waals surface area contributed by atoms with Crippen LogP contribution < -0.4 is 0 Å². The minimum absolute atomic E-state index is 1.30. The van der Waals surface area contributed by atoms with E-state index in [1.165, 1.54) is 44.7 Å². The number of allylic oxidation sites excluding steroid dienone is 4. The maximum absolute atomic E-state index is 2.33. The molecule has 0 saturated heterocycles. The van der Waals surface area contributed by atoms with Gasteiger partial charge in [-0.2, -0.15) is 0 Å². The van der Waals surface area contributed by atoms with Crippen molar-refractivity contribution in [1.29, 1.82) is 0 Å². The van der Waals surface area contributed by atoms with Crippen LogP contribution in [0.1, 0.15) is 19.3 Å². The number of hydrogen-bond acceptors (Lipinski definition) is 8. The highest BCUT2D eigenvalue weighted by molar-refractivity contribution is 8.49. The Bertz CT molecular complexity index is 714. The molecule has 23 heavy (non-hydrogen) atoms. The molecule has 0 aromatic carbocycles. The maximum atomic E-state index is 2.33. The van der Waals surface area contributed by atoms with Crippen molar-refractivity contribution in [3.63, 3.8) is 0 Å². The van der Waals surface area contributed by atoms with Gasteiger partial charge in [-0.1, -0.05) is 94.1 Å². The van der Waals surface area contributed by atoms with Gasteiger partial charge in [0.05, 0.1) is 21.2 Å². The summed E-state index contributed by atoms with van der Waals surface area (Å²) in [6.45, 7) is 0. The molecule has 0 N–H and O–H groups in total. The highest BCUT2D eigenvalue weighted by Gasteiger charge is 2.32. The van der Waals surface area contributed by atoms with E-state index in [9.17, 15) is 0 Å². The van der Waals surface area contributed by atoms with Crippen molar-refractivity contribution < 1.29 is 0 Å². The van der Waals surface area contributed by atoms with Crippen LogP contribution in [0.5, 0.6) is 0 Å². The molecule has 8 heteroatoms. The first-order valence-electron chi connectivity index (χ1n) is 7.03. The molecule has 0 bridgehead atoms. The van der Waals surface area contributed by atoms with Crippen molar-refractivity contribution in [1.82, 2.24) is 0 Å². The van der Waals surface area contributed by atoms with Crippen molar-refractivity contribution in [2.24, 2.45) is 0 Å². The van der Waals surface area contributed by atoms with Gasteiger partial charge in [0, 0.05) is 14.0 Å². The third kappa shape index (κ3) is 3.44. The predicted octanol–water partition coefficient (Wildman–Crippen LogP) is 8.71. The van der Waals surface area contributed by atoms with E-state index in [4.69, 9.17) is 0 Å². The fourth-order valence-corrected chi connectivity index (χ4v) is 13.5. The Balaban J connectivity index is 1.23. The fourth-order valence-electron chi connectivity index (χ4n) is 2.43. The molecule has 0 nitrogen and oxygen atoms in total. The van der Waals surface area contributed by atoms with Crippen molar-refractivity contribution >= 4 is 94.1 Å². The van der Waals surface area contributed by atoms with Gasteiger partial charge in [0.2, 0.25) is 0 Å². The van der Waals surface area contributed by atoms with Crippen molar-refractivity contribution in [2.75, 3.05) is 0 Å². The largest absolute Gasteiger partial charge is 0.0884 e. The van der Waals surface area contributed by atoms with E-state index in [-0.39, 0.29) is 0 Å². The normalized spacial score (nSPS) is 26.1. The van der Waals surface area contributed by atoms with Crippen LogP contribution in [0.25, 0.3) is 0 Å². The van der Waals surface area contributed by atoms with Gasteiger partial charge >= 0.3 is 0 Å². The molecule has 0 radical (unpaired) electrons. The third-order valence-corrected chi connectivity index (χ3v) is 14.3. The van der Waals surface area contributed by atoms with Crippen LogP contribution in [0.4, 0.5) is 0 Å². The summed E-state index contributed by atoms with van der Waals surface area (Å²) in [6, 6.07) is 0. The molecular weight excluding hydrogens is 437 g/mol. The Morgan fingerprint density at radius 3 is 1.74 bits per heavy atom. The average molecular weight is 447 g/mol. The van der Waals surface area contributed by atoms with Gasteiger partial charge in [0.25, 0.3) is 0 Å². The molecule has 4 heterocycles. The van der Waals surface area contributed by atoms with Crippen LogP contribution in [0.15, 0.2) is 58.2 Å². The summed E-state index contributed by atoms with van der Waals surface area (Å²) in [5.41, 5.74) is 0. The molecule has 4 aliphatic heterocycles. The monoisotopic (exact) mass is 446 g/mol. The van der Waals surface area contributed by atoms with Gasteiger partial charge in [0.15, 0.2) is 0 Å². The SMILES string of the molecule is C1=CSC(=C2SC3=C(SC(=CC=C4SC5=C(CCC5)S4)S3)S2)S1. The molecule has 5 aliphatic rings. The van der Waals surface area contributed by atoms with E-state index in [1.54, 1.807) is 9.81 Å². The Kier molecular flexibility index (Phi) is 5.07. The zero-order chi connectivity index (χ0) is 15.2. The molecule has 0 amide bonds. The van der Waals surface area contributed by atoms with Gasteiger partial charge in [-0.25, -0.2) is 0 Å². The molecule has 118 valence electrons. The van der Waals surface area contributed by atoms with Crippen LogP contribution in [0.3, 0.4) is 0 Å². The molecule has 1 aliphatic carbocycles. The molecule has 5 rings (SSSR count). The lowest BCUT2D eigenvalue weighted by Gasteiger charge is -2.04. The number of thioether (sulfide) groups is 8. The van der Waals surface area contributed by atoms with Crippen LogP contribution in [0.2, 0.25) is 0 Å². The fraction of sp³-hybridized carbons (Fsp3) is 0.200. The molecule has 0 spiro atoms. The highest BCUT2D eigenvalue weighted by atomic mass is 32.3. The lowest BCUT2D eigenvalue weighted by atomic mass is 10.4. The zero-order valence-electron chi connectivity index (χ0n) is 11.7.